The third-order valence-corrected chi connectivity index (χ3v) is 5.17. The van der Waals surface area contributed by atoms with E-state index < -0.39 is 18.1 Å². The smallest absolute Gasteiger partial charge is 0.266 e. The number of para-hydroxylation sites is 2. The maximum absolute atomic E-state index is 13.3. The molecule has 5 rings (SSSR count). The molecule has 2 aromatic carbocycles. The first-order valence-corrected chi connectivity index (χ1v) is 9.09. The standard InChI is InChI=1S/C22H17N3O3/c26-21-18-19(15-8-7-13-23-14-15)25(17-11-5-2-6-12-17)28-20(18)22(27)24(21)16-9-3-1-4-10-16/h1-14,18-20H/t18-,19-,20+/m0/s1. The Balaban J connectivity index is 1.59. The topological polar surface area (TPSA) is 62.7 Å². The van der Waals surface area contributed by atoms with Gasteiger partial charge in [-0.15, -0.1) is 0 Å². The molecule has 0 aliphatic carbocycles. The van der Waals surface area contributed by atoms with E-state index in [2.05, 4.69) is 4.98 Å². The number of fused-ring (bicyclic) bond motifs is 1. The molecule has 138 valence electrons. The zero-order chi connectivity index (χ0) is 19.1. The van der Waals surface area contributed by atoms with Crippen LogP contribution in [-0.2, 0) is 14.4 Å². The van der Waals surface area contributed by atoms with Crippen molar-refractivity contribution in [2.24, 2.45) is 5.92 Å². The van der Waals surface area contributed by atoms with Gasteiger partial charge in [0.05, 0.1) is 17.4 Å². The molecule has 2 fully saturated rings. The van der Waals surface area contributed by atoms with Crippen LogP contribution in [0.25, 0.3) is 0 Å². The van der Waals surface area contributed by atoms with Crippen LogP contribution in [0.5, 0.6) is 0 Å². The van der Waals surface area contributed by atoms with E-state index in [1.165, 1.54) is 4.90 Å². The second-order valence-electron chi connectivity index (χ2n) is 6.79. The highest BCUT2D eigenvalue weighted by Crippen LogP contribution is 2.47. The predicted octanol–water partition coefficient (Wildman–Crippen LogP) is 3.13. The highest BCUT2D eigenvalue weighted by molar-refractivity contribution is 6.23. The number of rotatable bonds is 3. The lowest BCUT2D eigenvalue weighted by atomic mass is 9.91. The zero-order valence-corrected chi connectivity index (χ0v) is 14.9. The zero-order valence-electron chi connectivity index (χ0n) is 14.9. The van der Waals surface area contributed by atoms with Crippen molar-refractivity contribution >= 4 is 23.2 Å². The Morgan fingerprint density at radius 3 is 2.11 bits per heavy atom. The van der Waals surface area contributed by atoms with Gasteiger partial charge in [-0.25, -0.2) is 9.96 Å². The molecular formula is C22H17N3O3. The minimum atomic E-state index is -0.863. The van der Waals surface area contributed by atoms with Crippen molar-refractivity contribution in [1.29, 1.82) is 0 Å². The molecule has 2 amide bonds. The SMILES string of the molecule is O=C1[C@@H]2[C@@H](ON(c3ccccc3)[C@H]2c2cccnc2)C(=O)N1c1ccccc1. The Bertz CT molecular complexity index is 1010. The summed E-state index contributed by atoms with van der Waals surface area (Å²) >= 11 is 0. The highest BCUT2D eigenvalue weighted by Gasteiger charge is 2.60. The number of amides is 2. The van der Waals surface area contributed by atoms with Crippen molar-refractivity contribution in [2.45, 2.75) is 12.1 Å². The number of imide groups is 1. The average Bonchev–Trinajstić information content (AvgIpc) is 3.26. The fourth-order valence-corrected chi connectivity index (χ4v) is 3.93. The Kier molecular flexibility index (Phi) is 3.91. The molecule has 28 heavy (non-hydrogen) atoms. The summed E-state index contributed by atoms with van der Waals surface area (Å²) in [6.07, 6.45) is 2.54. The first-order valence-electron chi connectivity index (χ1n) is 9.09. The van der Waals surface area contributed by atoms with Crippen molar-refractivity contribution in [3.63, 3.8) is 0 Å². The summed E-state index contributed by atoms with van der Waals surface area (Å²) in [5, 5.41) is 1.67. The van der Waals surface area contributed by atoms with Crippen molar-refractivity contribution in [3.05, 3.63) is 90.8 Å². The van der Waals surface area contributed by atoms with E-state index in [-0.39, 0.29) is 11.8 Å². The summed E-state index contributed by atoms with van der Waals surface area (Å²) in [6.45, 7) is 0. The number of carbonyl (C=O) groups excluding carboxylic acids is 2. The fraction of sp³-hybridized carbons (Fsp3) is 0.136. The van der Waals surface area contributed by atoms with Gasteiger partial charge in [-0.05, 0) is 35.9 Å². The normalized spacial score (nSPS) is 23.9. The van der Waals surface area contributed by atoms with Crippen molar-refractivity contribution in [3.8, 4) is 0 Å². The lowest BCUT2D eigenvalue weighted by Crippen LogP contribution is -2.37. The lowest BCUT2D eigenvalue weighted by molar-refractivity contribution is -0.126. The minimum absolute atomic E-state index is 0.256. The number of hydrogen-bond donors (Lipinski definition) is 0. The van der Waals surface area contributed by atoms with Gasteiger partial charge in [-0.2, -0.15) is 0 Å². The molecule has 1 aromatic heterocycles. The summed E-state index contributed by atoms with van der Waals surface area (Å²) in [5.41, 5.74) is 2.18. The molecule has 6 heteroatoms. The minimum Gasteiger partial charge on any atom is -0.273 e. The average molecular weight is 371 g/mol. The van der Waals surface area contributed by atoms with Gasteiger partial charge >= 0.3 is 0 Å². The number of hydroxylamine groups is 1. The molecule has 6 nitrogen and oxygen atoms in total. The molecule has 0 unspecified atom stereocenters. The number of nitrogens with zero attached hydrogens (tertiary/aromatic N) is 3. The van der Waals surface area contributed by atoms with Gasteiger partial charge < -0.3 is 0 Å². The van der Waals surface area contributed by atoms with E-state index in [1.54, 1.807) is 41.7 Å². The maximum atomic E-state index is 13.3. The number of aromatic nitrogens is 1. The molecule has 2 aliphatic rings. The third-order valence-electron chi connectivity index (χ3n) is 5.17. The number of hydrogen-bond acceptors (Lipinski definition) is 5. The molecule has 0 radical (unpaired) electrons. The van der Waals surface area contributed by atoms with E-state index in [9.17, 15) is 9.59 Å². The van der Waals surface area contributed by atoms with Crippen LogP contribution in [0.1, 0.15) is 11.6 Å². The van der Waals surface area contributed by atoms with Crippen molar-refractivity contribution in [2.75, 3.05) is 9.96 Å². The van der Waals surface area contributed by atoms with Crippen LogP contribution in [0.2, 0.25) is 0 Å². The largest absolute Gasteiger partial charge is 0.273 e. The molecule has 0 spiro atoms. The molecule has 3 heterocycles. The summed E-state index contributed by atoms with van der Waals surface area (Å²) in [6, 6.07) is 21.8. The quantitative estimate of drug-likeness (QED) is 0.662. The second-order valence-corrected chi connectivity index (χ2v) is 6.79. The van der Waals surface area contributed by atoms with Gasteiger partial charge in [0.15, 0.2) is 6.10 Å². The summed E-state index contributed by atoms with van der Waals surface area (Å²) in [5.74, 6) is -1.24. The molecule has 0 bridgehead atoms. The Hall–Kier alpha value is -3.51. The van der Waals surface area contributed by atoms with Crippen molar-refractivity contribution < 1.29 is 14.4 Å². The first kappa shape index (κ1) is 16.6. The van der Waals surface area contributed by atoms with Crippen molar-refractivity contribution in [1.82, 2.24) is 4.98 Å². The van der Waals surface area contributed by atoms with Gasteiger partial charge in [0.25, 0.3) is 5.91 Å². The van der Waals surface area contributed by atoms with E-state index in [0.29, 0.717) is 5.69 Å². The van der Waals surface area contributed by atoms with Crippen LogP contribution in [0, 0.1) is 5.92 Å². The number of benzene rings is 2. The van der Waals surface area contributed by atoms with Gasteiger partial charge in [0, 0.05) is 12.4 Å². The predicted molar refractivity (Wildman–Crippen MR) is 103 cm³/mol. The van der Waals surface area contributed by atoms with Gasteiger partial charge in [-0.1, -0.05) is 42.5 Å². The van der Waals surface area contributed by atoms with Crippen LogP contribution < -0.4 is 9.96 Å². The number of pyridine rings is 1. The molecule has 0 N–H and O–H groups in total. The molecule has 3 aromatic rings. The molecule has 3 atom stereocenters. The Morgan fingerprint density at radius 2 is 1.46 bits per heavy atom. The highest BCUT2D eigenvalue weighted by atomic mass is 16.7. The van der Waals surface area contributed by atoms with Crippen LogP contribution in [0.3, 0.4) is 0 Å². The van der Waals surface area contributed by atoms with E-state index in [0.717, 1.165) is 11.3 Å². The molecular weight excluding hydrogens is 354 g/mol. The number of carbonyl (C=O) groups is 2. The van der Waals surface area contributed by atoms with Gasteiger partial charge in [-0.3, -0.25) is 19.4 Å². The molecule has 0 saturated carbocycles. The third kappa shape index (κ3) is 2.50. The monoisotopic (exact) mass is 371 g/mol. The van der Waals surface area contributed by atoms with Gasteiger partial charge in [0.1, 0.15) is 5.92 Å². The van der Waals surface area contributed by atoms with Crippen LogP contribution in [0.15, 0.2) is 85.2 Å². The van der Waals surface area contributed by atoms with E-state index >= 15 is 0 Å². The summed E-state index contributed by atoms with van der Waals surface area (Å²) < 4.78 is 0. The summed E-state index contributed by atoms with van der Waals surface area (Å²) in [4.78, 5) is 37.9. The van der Waals surface area contributed by atoms with Crippen LogP contribution in [0.4, 0.5) is 11.4 Å². The van der Waals surface area contributed by atoms with E-state index in [4.69, 9.17) is 4.84 Å². The lowest BCUT2D eigenvalue weighted by Gasteiger charge is -2.28. The van der Waals surface area contributed by atoms with E-state index in [1.807, 2.05) is 48.5 Å². The number of anilines is 2. The van der Waals surface area contributed by atoms with Crippen LogP contribution >= 0.6 is 0 Å². The maximum Gasteiger partial charge on any atom is 0.266 e. The second kappa shape index (κ2) is 6.58. The fourth-order valence-electron chi connectivity index (χ4n) is 3.93. The molecule has 2 saturated heterocycles. The Labute approximate surface area is 161 Å². The first-order chi connectivity index (χ1) is 13.8. The molecule has 2 aliphatic heterocycles. The van der Waals surface area contributed by atoms with Crippen LogP contribution in [-0.4, -0.2) is 22.9 Å². The summed E-state index contributed by atoms with van der Waals surface area (Å²) in [7, 11) is 0. The Morgan fingerprint density at radius 1 is 0.786 bits per heavy atom. The van der Waals surface area contributed by atoms with Gasteiger partial charge in [0.2, 0.25) is 5.91 Å².